The molecule has 31 heavy (non-hydrogen) atoms. The number of para-hydroxylation sites is 1. The number of rotatable bonds is 5. The summed E-state index contributed by atoms with van der Waals surface area (Å²) in [7, 11) is 1.71. The van der Waals surface area contributed by atoms with Gasteiger partial charge >= 0.3 is 0 Å². The highest BCUT2D eigenvalue weighted by atomic mass is 16.4. The van der Waals surface area contributed by atoms with Gasteiger partial charge in [0.25, 0.3) is 5.91 Å². The Morgan fingerprint density at radius 2 is 1.48 bits per heavy atom. The summed E-state index contributed by atoms with van der Waals surface area (Å²) < 4.78 is 6.07. The first kappa shape index (κ1) is 20.1. The first-order valence-corrected chi connectivity index (χ1v) is 9.80. The number of nitrogens with one attached hydrogen (secondary N) is 1. The average Bonchev–Trinajstić information content (AvgIpc) is 3.25. The van der Waals surface area contributed by atoms with E-state index in [0.29, 0.717) is 22.9 Å². The predicted molar refractivity (Wildman–Crippen MR) is 123 cm³/mol. The summed E-state index contributed by atoms with van der Waals surface area (Å²) in [5, 5.41) is 2.73. The van der Waals surface area contributed by atoms with Gasteiger partial charge in [0.15, 0.2) is 11.5 Å². The molecular formula is C25H23N3O3. The van der Waals surface area contributed by atoms with Crippen molar-refractivity contribution in [3.8, 4) is 22.8 Å². The molecule has 0 saturated carbocycles. The van der Waals surface area contributed by atoms with Crippen molar-refractivity contribution in [1.29, 1.82) is 0 Å². The molecule has 6 nitrogen and oxygen atoms in total. The summed E-state index contributed by atoms with van der Waals surface area (Å²) in [5.41, 5.74) is 3.10. The number of carbonyl (C=O) groups excluding carboxylic acids is 2. The van der Waals surface area contributed by atoms with Gasteiger partial charge in [-0.25, -0.2) is 4.98 Å². The second-order valence-electron chi connectivity index (χ2n) is 7.02. The number of hydrogen-bond donors (Lipinski definition) is 1. The molecule has 0 bridgehead atoms. The summed E-state index contributed by atoms with van der Waals surface area (Å²) in [5.74, 6) is 0.310. The molecular weight excluding hydrogens is 390 g/mol. The molecule has 1 aromatic heterocycles. The molecule has 0 aliphatic rings. The zero-order chi connectivity index (χ0) is 21.8. The van der Waals surface area contributed by atoms with Crippen LogP contribution in [0.25, 0.3) is 22.8 Å². The van der Waals surface area contributed by atoms with Gasteiger partial charge in [0, 0.05) is 37.9 Å². The van der Waals surface area contributed by atoms with Crippen LogP contribution in [0.15, 0.2) is 89.3 Å². The lowest BCUT2D eigenvalue weighted by Gasteiger charge is -2.16. The van der Waals surface area contributed by atoms with E-state index in [0.717, 1.165) is 11.3 Å². The Kier molecular flexibility index (Phi) is 5.62. The first-order valence-electron chi connectivity index (χ1n) is 9.80. The van der Waals surface area contributed by atoms with Crippen LogP contribution in [0.1, 0.15) is 18.8 Å². The molecule has 0 aliphatic carbocycles. The maximum absolute atomic E-state index is 13.3. The Morgan fingerprint density at radius 3 is 2.10 bits per heavy atom. The van der Waals surface area contributed by atoms with E-state index in [1.165, 1.54) is 6.92 Å². The molecule has 0 spiro atoms. The molecule has 0 aliphatic heterocycles. The van der Waals surface area contributed by atoms with E-state index in [2.05, 4.69) is 10.3 Å². The fourth-order valence-corrected chi connectivity index (χ4v) is 3.20. The molecule has 1 N–H and O–H groups in total. The Labute approximate surface area is 181 Å². The Bertz CT molecular complexity index is 1210. The van der Waals surface area contributed by atoms with E-state index >= 15 is 0 Å². The highest BCUT2D eigenvalue weighted by Gasteiger charge is 2.25. The van der Waals surface area contributed by atoms with Crippen LogP contribution >= 0.6 is 0 Å². The van der Waals surface area contributed by atoms with Crippen molar-refractivity contribution in [2.45, 2.75) is 6.92 Å². The van der Waals surface area contributed by atoms with Gasteiger partial charge in [-0.1, -0.05) is 36.4 Å². The summed E-state index contributed by atoms with van der Waals surface area (Å²) in [6.45, 7) is 1.45. The Hall–Kier alpha value is -4.19. The normalized spacial score (nSPS) is 10.5. The van der Waals surface area contributed by atoms with Crippen molar-refractivity contribution < 1.29 is 15.4 Å². The van der Waals surface area contributed by atoms with Gasteiger partial charge in [0.2, 0.25) is 11.8 Å². The van der Waals surface area contributed by atoms with E-state index in [1.54, 1.807) is 36.2 Å². The highest BCUT2D eigenvalue weighted by Crippen LogP contribution is 2.32. The van der Waals surface area contributed by atoms with Gasteiger partial charge in [-0.2, -0.15) is 0 Å². The minimum absolute atomic E-state index is 0. The van der Waals surface area contributed by atoms with Gasteiger partial charge in [-0.05, 0) is 48.5 Å². The largest absolute Gasteiger partial charge is 0.435 e. The maximum atomic E-state index is 13.3. The topological polar surface area (TPSA) is 75.4 Å². The standard InChI is InChI=1S/C25H21N3O3.H2/c1-17(29)26-20-15-13-18(14-16-20)23-22(25(30)28(2)21-11-7-4-8-12-21)27-24(31-23)19-9-5-3-6-10-19;/h3-16H,1-2H3,(H,26,29);1H. The van der Waals surface area contributed by atoms with Crippen molar-refractivity contribution in [3.05, 3.63) is 90.6 Å². The van der Waals surface area contributed by atoms with Crippen LogP contribution in [0, 0.1) is 0 Å². The summed E-state index contributed by atoms with van der Waals surface area (Å²) >= 11 is 0. The molecule has 0 radical (unpaired) electrons. The van der Waals surface area contributed by atoms with Crippen molar-refractivity contribution in [3.63, 3.8) is 0 Å². The minimum atomic E-state index is -0.280. The zero-order valence-electron chi connectivity index (χ0n) is 17.2. The number of oxazole rings is 1. The summed E-state index contributed by atoms with van der Waals surface area (Å²) in [4.78, 5) is 30.7. The number of hydrogen-bond acceptors (Lipinski definition) is 4. The van der Waals surface area contributed by atoms with Gasteiger partial charge in [-0.3, -0.25) is 9.59 Å². The highest BCUT2D eigenvalue weighted by molar-refractivity contribution is 6.08. The minimum Gasteiger partial charge on any atom is -0.435 e. The Balaban J connectivity index is 0.00000289. The molecule has 156 valence electrons. The molecule has 1 heterocycles. The molecule has 0 saturated heterocycles. The van der Waals surface area contributed by atoms with Gasteiger partial charge in [0.05, 0.1) is 0 Å². The lowest BCUT2D eigenvalue weighted by atomic mass is 10.1. The number of anilines is 2. The molecule has 4 aromatic rings. The lowest BCUT2D eigenvalue weighted by Crippen LogP contribution is -2.27. The number of carbonyl (C=O) groups is 2. The van der Waals surface area contributed by atoms with E-state index in [4.69, 9.17) is 4.42 Å². The van der Waals surface area contributed by atoms with Gasteiger partial charge in [-0.15, -0.1) is 0 Å². The molecule has 4 rings (SSSR count). The first-order chi connectivity index (χ1) is 15.0. The van der Waals surface area contributed by atoms with Crippen molar-refractivity contribution in [2.75, 3.05) is 17.3 Å². The Morgan fingerprint density at radius 1 is 0.871 bits per heavy atom. The van der Waals surface area contributed by atoms with Crippen LogP contribution in [-0.4, -0.2) is 23.8 Å². The van der Waals surface area contributed by atoms with Crippen LogP contribution in [0.2, 0.25) is 0 Å². The molecule has 0 atom stereocenters. The molecule has 0 fully saturated rings. The van der Waals surface area contributed by atoms with Crippen LogP contribution in [0.3, 0.4) is 0 Å². The van der Waals surface area contributed by atoms with Gasteiger partial charge < -0.3 is 14.6 Å². The molecule has 6 heteroatoms. The average molecular weight is 413 g/mol. The second kappa shape index (κ2) is 8.67. The smallest absolute Gasteiger partial charge is 0.280 e. The number of nitrogens with zero attached hydrogens (tertiary/aromatic N) is 2. The van der Waals surface area contributed by atoms with Crippen molar-refractivity contribution in [1.82, 2.24) is 4.98 Å². The van der Waals surface area contributed by atoms with Crippen LogP contribution in [0.4, 0.5) is 11.4 Å². The number of amides is 2. The molecule has 3 aromatic carbocycles. The lowest BCUT2D eigenvalue weighted by molar-refractivity contribution is -0.114. The summed E-state index contributed by atoms with van der Waals surface area (Å²) in [6, 6.07) is 25.9. The van der Waals surface area contributed by atoms with E-state index in [1.807, 2.05) is 60.7 Å². The van der Waals surface area contributed by atoms with Crippen LogP contribution in [0.5, 0.6) is 0 Å². The predicted octanol–water partition coefficient (Wildman–Crippen LogP) is 5.49. The number of aromatic nitrogens is 1. The van der Waals surface area contributed by atoms with E-state index in [-0.39, 0.29) is 18.9 Å². The SMILES string of the molecule is CC(=O)Nc1ccc(-c2oc(-c3ccccc3)nc2C(=O)N(C)c2ccccc2)cc1.[HH]. The second-order valence-corrected chi connectivity index (χ2v) is 7.02. The fraction of sp³-hybridized carbons (Fsp3) is 0.0800. The third-order valence-corrected chi connectivity index (χ3v) is 4.77. The summed E-state index contributed by atoms with van der Waals surface area (Å²) in [6.07, 6.45) is 0. The fourth-order valence-electron chi connectivity index (χ4n) is 3.20. The van der Waals surface area contributed by atoms with E-state index in [9.17, 15) is 9.59 Å². The maximum Gasteiger partial charge on any atom is 0.280 e. The quantitative estimate of drug-likeness (QED) is 0.469. The van der Waals surface area contributed by atoms with Crippen LogP contribution in [-0.2, 0) is 4.79 Å². The number of benzene rings is 3. The zero-order valence-corrected chi connectivity index (χ0v) is 17.2. The third kappa shape index (κ3) is 4.38. The van der Waals surface area contributed by atoms with Crippen LogP contribution < -0.4 is 10.2 Å². The monoisotopic (exact) mass is 413 g/mol. The molecule has 0 unspecified atom stereocenters. The molecule has 2 amide bonds. The van der Waals surface area contributed by atoms with E-state index < -0.39 is 0 Å². The van der Waals surface area contributed by atoms with Crippen molar-refractivity contribution >= 4 is 23.2 Å². The third-order valence-electron chi connectivity index (χ3n) is 4.77. The van der Waals surface area contributed by atoms with Gasteiger partial charge in [0.1, 0.15) is 0 Å². The van der Waals surface area contributed by atoms with Crippen molar-refractivity contribution in [2.24, 2.45) is 0 Å².